The fourth-order valence-electron chi connectivity index (χ4n) is 4.04. The first-order chi connectivity index (χ1) is 10.7. The van der Waals surface area contributed by atoms with Crippen LogP contribution in [-0.4, -0.2) is 41.5 Å². The maximum Gasteiger partial charge on any atom is 0.225 e. The molecule has 0 unspecified atom stereocenters. The van der Waals surface area contributed by atoms with E-state index < -0.39 is 0 Å². The first-order valence-electron chi connectivity index (χ1n) is 7.70. The van der Waals surface area contributed by atoms with E-state index in [1.807, 2.05) is 0 Å². The van der Waals surface area contributed by atoms with Gasteiger partial charge in [0.1, 0.15) is 0 Å². The zero-order valence-electron chi connectivity index (χ0n) is 12.6. The van der Waals surface area contributed by atoms with Crippen molar-refractivity contribution < 1.29 is 0 Å². The lowest BCUT2D eigenvalue weighted by Crippen LogP contribution is -2.29. The van der Waals surface area contributed by atoms with Gasteiger partial charge in [-0.05, 0) is 18.5 Å². The molecule has 2 fully saturated rings. The molecule has 0 saturated carbocycles. The fraction of sp³-hybridized carbons (Fsp3) is 0.412. The van der Waals surface area contributed by atoms with E-state index in [1.165, 1.54) is 5.56 Å². The molecule has 0 amide bonds. The van der Waals surface area contributed by atoms with Crippen LogP contribution in [0.3, 0.4) is 0 Å². The van der Waals surface area contributed by atoms with Crippen molar-refractivity contribution in [3.05, 3.63) is 53.3 Å². The predicted octanol–water partition coefficient (Wildman–Crippen LogP) is 2.87. The third-order valence-corrected chi connectivity index (χ3v) is 5.12. The number of fused-ring (bicyclic) bond motifs is 1. The van der Waals surface area contributed by atoms with Crippen molar-refractivity contribution in [2.75, 3.05) is 31.6 Å². The summed E-state index contributed by atoms with van der Waals surface area (Å²) in [6.07, 6.45) is 3.36. The van der Waals surface area contributed by atoms with Crippen LogP contribution in [0.5, 0.6) is 0 Å². The number of hydrogen-bond acceptors (Lipinski definition) is 4. The molecule has 2 aliphatic rings. The van der Waals surface area contributed by atoms with Crippen LogP contribution in [-0.2, 0) is 0 Å². The summed E-state index contributed by atoms with van der Waals surface area (Å²) in [5, 5.41) is 0.588. The van der Waals surface area contributed by atoms with Gasteiger partial charge in [0.25, 0.3) is 0 Å². The smallest absolute Gasteiger partial charge is 0.225 e. The first-order valence-corrected chi connectivity index (χ1v) is 8.08. The maximum atomic E-state index is 5.89. The molecule has 2 saturated heterocycles. The van der Waals surface area contributed by atoms with Crippen LogP contribution in [0.2, 0.25) is 5.02 Å². The molecule has 1 aromatic heterocycles. The van der Waals surface area contributed by atoms with Crippen LogP contribution in [0, 0.1) is 11.8 Å². The average molecular weight is 315 g/mol. The third-order valence-electron chi connectivity index (χ3n) is 4.93. The molecule has 3 atom stereocenters. The van der Waals surface area contributed by atoms with Gasteiger partial charge in [-0.2, -0.15) is 0 Å². The Bertz CT molecular complexity index is 645. The number of anilines is 1. The van der Waals surface area contributed by atoms with Crippen LogP contribution < -0.4 is 4.90 Å². The third kappa shape index (κ3) is 2.36. The van der Waals surface area contributed by atoms with E-state index >= 15 is 0 Å². The van der Waals surface area contributed by atoms with Crippen LogP contribution in [0.15, 0.2) is 42.7 Å². The number of hydrogen-bond donors (Lipinski definition) is 0. The number of rotatable bonds is 2. The number of halogens is 1. The van der Waals surface area contributed by atoms with Gasteiger partial charge in [0, 0.05) is 31.6 Å². The Morgan fingerprint density at radius 1 is 1.05 bits per heavy atom. The van der Waals surface area contributed by atoms with Crippen LogP contribution in [0.25, 0.3) is 0 Å². The molecule has 114 valence electrons. The average Bonchev–Trinajstić information content (AvgIpc) is 3.05. The zero-order chi connectivity index (χ0) is 15.1. The van der Waals surface area contributed by atoms with Crippen LogP contribution >= 0.6 is 11.6 Å². The van der Waals surface area contributed by atoms with E-state index in [1.54, 1.807) is 12.4 Å². The Morgan fingerprint density at radius 2 is 1.77 bits per heavy atom. The Kier molecular flexibility index (Phi) is 3.51. The molecule has 0 N–H and O–H groups in total. The van der Waals surface area contributed by atoms with E-state index in [0.717, 1.165) is 25.6 Å². The normalized spacial score (nSPS) is 28.1. The molecular formula is C17H19ClN4. The summed E-state index contributed by atoms with van der Waals surface area (Å²) < 4.78 is 0. The zero-order valence-corrected chi connectivity index (χ0v) is 13.3. The highest BCUT2D eigenvalue weighted by molar-refractivity contribution is 6.30. The lowest BCUT2D eigenvalue weighted by atomic mass is 9.90. The van der Waals surface area contributed by atoms with Crippen molar-refractivity contribution in [1.29, 1.82) is 0 Å². The molecule has 0 radical (unpaired) electrons. The van der Waals surface area contributed by atoms with Crippen molar-refractivity contribution in [3.8, 4) is 0 Å². The van der Waals surface area contributed by atoms with Gasteiger partial charge in [0.2, 0.25) is 5.95 Å². The monoisotopic (exact) mass is 314 g/mol. The summed E-state index contributed by atoms with van der Waals surface area (Å²) in [4.78, 5) is 13.5. The molecule has 2 aromatic rings. The van der Waals surface area contributed by atoms with Crippen molar-refractivity contribution in [2.24, 2.45) is 11.8 Å². The highest BCUT2D eigenvalue weighted by Gasteiger charge is 2.46. The minimum Gasteiger partial charge on any atom is -0.340 e. The Labute approximate surface area is 135 Å². The largest absolute Gasteiger partial charge is 0.340 e. The van der Waals surface area contributed by atoms with Crippen molar-refractivity contribution in [2.45, 2.75) is 6.04 Å². The van der Waals surface area contributed by atoms with E-state index in [2.05, 4.69) is 57.1 Å². The summed E-state index contributed by atoms with van der Waals surface area (Å²) in [7, 11) is 2.24. The van der Waals surface area contributed by atoms with Gasteiger partial charge < -0.3 is 4.90 Å². The van der Waals surface area contributed by atoms with Gasteiger partial charge in [-0.1, -0.05) is 41.9 Å². The molecule has 4 nitrogen and oxygen atoms in total. The van der Waals surface area contributed by atoms with Gasteiger partial charge in [0.15, 0.2) is 0 Å². The fourth-order valence-corrected chi connectivity index (χ4v) is 4.14. The molecule has 1 aromatic carbocycles. The minimum atomic E-state index is 0.489. The summed E-state index contributed by atoms with van der Waals surface area (Å²) in [5.41, 5.74) is 1.41. The van der Waals surface area contributed by atoms with Crippen LogP contribution in [0.1, 0.15) is 11.6 Å². The predicted molar refractivity (Wildman–Crippen MR) is 88.0 cm³/mol. The Hall–Kier alpha value is -1.65. The highest BCUT2D eigenvalue weighted by atomic mass is 35.5. The SMILES string of the molecule is CN1C[C@@H]2CN(c3ncc(Cl)cn3)C[C@H]2[C@H]1c1ccccc1. The first kappa shape index (κ1) is 14.0. The maximum absolute atomic E-state index is 5.89. The molecule has 3 heterocycles. The number of likely N-dealkylation sites (tertiary alicyclic amines) is 1. The number of nitrogens with zero attached hydrogens (tertiary/aromatic N) is 4. The van der Waals surface area contributed by atoms with E-state index in [-0.39, 0.29) is 0 Å². The summed E-state index contributed by atoms with van der Waals surface area (Å²) in [6.45, 7) is 3.17. The lowest BCUT2D eigenvalue weighted by molar-refractivity contribution is 0.279. The van der Waals surface area contributed by atoms with Gasteiger partial charge in [0.05, 0.1) is 17.4 Å². The number of aromatic nitrogens is 2. The highest BCUT2D eigenvalue weighted by Crippen LogP contribution is 2.44. The molecule has 4 rings (SSSR count). The second-order valence-electron chi connectivity index (χ2n) is 6.33. The molecule has 0 bridgehead atoms. The second kappa shape index (κ2) is 5.52. The molecule has 22 heavy (non-hydrogen) atoms. The summed E-state index contributed by atoms with van der Waals surface area (Å²) in [6, 6.07) is 11.3. The van der Waals surface area contributed by atoms with Gasteiger partial charge in [-0.15, -0.1) is 0 Å². The Morgan fingerprint density at radius 3 is 2.50 bits per heavy atom. The van der Waals surface area contributed by atoms with Crippen molar-refractivity contribution in [3.63, 3.8) is 0 Å². The van der Waals surface area contributed by atoms with Crippen molar-refractivity contribution in [1.82, 2.24) is 14.9 Å². The molecular weight excluding hydrogens is 296 g/mol. The van der Waals surface area contributed by atoms with Gasteiger partial charge >= 0.3 is 0 Å². The van der Waals surface area contributed by atoms with Crippen LogP contribution in [0.4, 0.5) is 5.95 Å². The quantitative estimate of drug-likeness (QED) is 0.853. The standard InChI is InChI=1S/C17H19ClN4/c1-21-9-13-10-22(17-19-7-14(18)8-20-17)11-15(13)16(21)12-5-3-2-4-6-12/h2-8,13,15-16H,9-11H2,1H3/t13-,15-,16-/m1/s1. The summed E-state index contributed by atoms with van der Waals surface area (Å²) >= 11 is 5.89. The molecule has 0 aliphatic carbocycles. The second-order valence-corrected chi connectivity index (χ2v) is 6.76. The van der Waals surface area contributed by atoms with Gasteiger partial charge in [-0.25, -0.2) is 9.97 Å². The molecule has 5 heteroatoms. The van der Waals surface area contributed by atoms with Gasteiger partial charge in [-0.3, -0.25) is 4.90 Å². The Balaban J connectivity index is 1.57. The lowest BCUT2D eigenvalue weighted by Gasteiger charge is -2.26. The van der Waals surface area contributed by atoms with E-state index in [9.17, 15) is 0 Å². The minimum absolute atomic E-state index is 0.489. The number of benzene rings is 1. The molecule has 0 spiro atoms. The van der Waals surface area contributed by atoms with E-state index in [4.69, 9.17) is 11.6 Å². The molecule has 2 aliphatic heterocycles. The topological polar surface area (TPSA) is 32.3 Å². The summed E-state index contributed by atoms with van der Waals surface area (Å²) in [5.74, 6) is 2.11. The van der Waals surface area contributed by atoms with Crippen molar-refractivity contribution >= 4 is 17.5 Å². The van der Waals surface area contributed by atoms with E-state index in [0.29, 0.717) is 22.9 Å².